The van der Waals surface area contributed by atoms with Gasteiger partial charge in [0, 0.05) is 18.5 Å². The average molecular weight is 419 g/mol. The predicted molar refractivity (Wildman–Crippen MR) is 122 cm³/mol. The zero-order valence-electron chi connectivity index (χ0n) is 18.8. The number of anilines is 1. The minimum Gasteiger partial charge on any atom is -0.461 e. The fraction of sp³-hybridized carbons (Fsp3) is 0.480. The number of aromatic nitrogens is 3. The molecule has 0 radical (unpaired) electrons. The number of fused-ring (bicyclic) bond motifs is 1. The van der Waals surface area contributed by atoms with Crippen molar-refractivity contribution in [1.82, 2.24) is 14.8 Å². The Morgan fingerprint density at radius 1 is 1.23 bits per heavy atom. The van der Waals surface area contributed by atoms with Crippen LogP contribution in [-0.4, -0.2) is 40.4 Å². The van der Waals surface area contributed by atoms with E-state index in [4.69, 9.17) is 14.8 Å². The highest BCUT2D eigenvalue weighted by Crippen LogP contribution is 2.51. The molecule has 1 aromatic carbocycles. The fourth-order valence-electron chi connectivity index (χ4n) is 4.95. The van der Waals surface area contributed by atoms with E-state index in [2.05, 4.69) is 37.8 Å². The van der Waals surface area contributed by atoms with Crippen molar-refractivity contribution >= 4 is 22.7 Å². The summed E-state index contributed by atoms with van der Waals surface area (Å²) < 4.78 is 7.20. The highest BCUT2D eigenvalue weighted by molar-refractivity contribution is 5.99. The molecule has 5 rings (SSSR count). The molecule has 1 aliphatic heterocycles. The number of esters is 1. The maximum Gasteiger partial charge on any atom is 0.357 e. The maximum absolute atomic E-state index is 12.7. The number of nitrogens with zero attached hydrogens (tertiary/aromatic N) is 4. The molecular weight excluding hydrogens is 388 g/mol. The average Bonchev–Trinajstić information content (AvgIpc) is 3.06. The van der Waals surface area contributed by atoms with E-state index < -0.39 is 0 Å². The summed E-state index contributed by atoms with van der Waals surface area (Å²) in [5.41, 5.74) is 5.74. The molecule has 0 amide bonds. The van der Waals surface area contributed by atoms with Crippen LogP contribution in [-0.2, 0) is 4.74 Å². The van der Waals surface area contributed by atoms with Crippen molar-refractivity contribution in [3.63, 3.8) is 0 Å². The lowest BCUT2D eigenvalue weighted by Gasteiger charge is -2.57. The van der Waals surface area contributed by atoms with Crippen LogP contribution in [0.5, 0.6) is 0 Å². The first-order chi connectivity index (χ1) is 14.9. The lowest BCUT2D eigenvalue weighted by Crippen LogP contribution is -2.60. The number of ether oxygens (including phenoxy) is 1. The largest absolute Gasteiger partial charge is 0.461 e. The zero-order chi connectivity index (χ0) is 21.8. The van der Waals surface area contributed by atoms with Crippen molar-refractivity contribution in [3.05, 3.63) is 47.3 Å². The highest BCUT2D eigenvalue weighted by Gasteiger charge is 2.48. The predicted octanol–water partition coefficient (Wildman–Crippen LogP) is 5.02. The number of hydrogen-bond donors (Lipinski definition) is 0. The van der Waals surface area contributed by atoms with Gasteiger partial charge in [-0.15, -0.1) is 0 Å². The van der Waals surface area contributed by atoms with Gasteiger partial charge >= 0.3 is 5.97 Å². The van der Waals surface area contributed by atoms with Crippen LogP contribution in [0.3, 0.4) is 0 Å². The van der Waals surface area contributed by atoms with Crippen molar-refractivity contribution in [2.75, 3.05) is 24.6 Å². The number of benzene rings is 1. The molecule has 162 valence electrons. The molecule has 3 heterocycles. The first-order valence-corrected chi connectivity index (χ1v) is 11.3. The van der Waals surface area contributed by atoms with Gasteiger partial charge in [0.2, 0.25) is 0 Å². The smallest absolute Gasteiger partial charge is 0.357 e. The molecule has 1 spiro atoms. The second-order valence-electron chi connectivity index (χ2n) is 9.45. The van der Waals surface area contributed by atoms with Gasteiger partial charge in [-0.05, 0) is 56.4 Å². The molecule has 2 aliphatic rings. The van der Waals surface area contributed by atoms with Crippen molar-refractivity contribution in [1.29, 1.82) is 0 Å². The zero-order valence-corrected chi connectivity index (χ0v) is 18.8. The summed E-state index contributed by atoms with van der Waals surface area (Å²) in [6.07, 6.45) is 3.94. The van der Waals surface area contributed by atoms with Crippen molar-refractivity contribution < 1.29 is 9.53 Å². The van der Waals surface area contributed by atoms with E-state index in [1.54, 1.807) is 0 Å². The van der Waals surface area contributed by atoms with Crippen LogP contribution in [0.2, 0.25) is 0 Å². The number of hydrogen-bond acceptors (Lipinski definition) is 5. The molecule has 0 atom stereocenters. The second kappa shape index (κ2) is 7.36. The first-order valence-electron chi connectivity index (χ1n) is 11.3. The summed E-state index contributed by atoms with van der Waals surface area (Å²) in [6, 6.07) is 10.1. The van der Waals surface area contributed by atoms with Gasteiger partial charge in [-0.25, -0.2) is 14.5 Å². The third-order valence-electron chi connectivity index (χ3n) is 6.73. The molecule has 6 nitrogen and oxygen atoms in total. The summed E-state index contributed by atoms with van der Waals surface area (Å²) in [7, 11) is 0. The Hall–Kier alpha value is -2.89. The van der Waals surface area contributed by atoms with E-state index in [0.29, 0.717) is 17.7 Å². The van der Waals surface area contributed by atoms with Crippen LogP contribution in [0.15, 0.2) is 30.3 Å². The molecule has 0 unspecified atom stereocenters. The molecule has 1 aliphatic carbocycles. The summed E-state index contributed by atoms with van der Waals surface area (Å²) in [4.78, 5) is 19.9. The van der Waals surface area contributed by atoms with Gasteiger partial charge in [-0.2, -0.15) is 5.10 Å². The van der Waals surface area contributed by atoms with E-state index in [1.807, 2.05) is 29.8 Å². The highest BCUT2D eigenvalue weighted by atomic mass is 16.5. The third kappa shape index (κ3) is 3.29. The Bertz CT molecular complexity index is 1150. The van der Waals surface area contributed by atoms with Crippen LogP contribution >= 0.6 is 0 Å². The third-order valence-corrected chi connectivity index (χ3v) is 6.73. The number of pyridine rings is 1. The molecule has 1 saturated carbocycles. The van der Waals surface area contributed by atoms with Crippen LogP contribution < -0.4 is 4.90 Å². The molecule has 0 bridgehead atoms. The lowest BCUT2D eigenvalue weighted by molar-refractivity contribution is 0.0519. The lowest BCUT2D eigenvalue weighted by atomic mass is 9.63. The standard InChI is InChI=1S/C25H30N4O2/c1-5-31-24(30)19-13-20(28-14-25(15-28)10-7-11-25)21-22(16(2)3)27-29(23(21)26-19)18-9-6-8-17(4)12-18/h6,8-9,12-13,16H,5,7,10-11,14-15H2,1-4H3. The number of aryl methyl sites for hydroxylation is 1. The monoisotopic (exact) mass is 418 g/mol. The van der Waals surface area contributed by atoms with Gasteiger partial charge in [0.1, 0.15) is 0 Å². The van der Waals surface area contributed by atoms with Crippen LogP contribution in [0.4, 0.5) is 5.69 Å². The molecule has 0 N–H and O–H groups in total. The summed E-state index contributed by atoms with van der Waals surface area (Å²) in [6.45, 7) is 10.6. The van der Waals surface area contributed by atoms with E-state index in [0.717, 1.165) is 46.8 Å². The van der Waals surface area contributed by atoms with Crippen LogP contribution in [0.1, 0.15) is 67.7 Å². The fourth-order valence-corrected chi connectivity index (χ4v) is 4.95. The summed E-state index contributed by atoms with van der Waals surface area (Å²) in [5, 5.41) is 6.05. The van der Waals surface area contributed by atoms with Gasteiger partial charge < -0.3 is 9.64 Å². The van der Waals surface area contributed by atoms with Gasteiger partial charge in [-0.3, -0.25) is 0 Å². The Labute approximate surface area is 183 Å². The Morgan fingerprint density at radius 2 is 2.00 bits per heavy atom. The van der Waals surface area contributed by atoms with E-state index >= 15 is 0 Å². The molecule has 2 fully saturated rings. The quantitative estimate of drug-likeness (QED) is 0.545. The second-order valence-corrected chi connectivity index (χ2v) is 9.45. The van der Waals surface area contributed by atoms with Gasteiger partial charge in [-0.1, -0.05) is 32.4 Å². The SMILES string of the molecule is CCOC(=O)c1cc(N2CC3(CCC3)C2)c2c(C(C)C)nn(-c3cccc(C)c3)c2n1. The minimum atomic E-state index is -0.382. The number of carbonyl (C=O) groups is 1. The topological polar surface area (TPSA) is 60.2 Å². The summed E-state index contributed by atoms with van der Waals surface area (Å²) in [5.74, 6) is -0.144. The van der Waals surface area contributed by atoms with E-state index in [9.17, 15) is 4.79 Å². The first kappa shape index (κ1) is 20.0. The van der Waals surface area contributed by atoms with E-state index in [-0.39, 0.29) is 11.9 Å². The van der Waals surface area contributed by atoms with Crippen molar-refractivity contribution in [3.8, 4) is 5.69 Å². The van der Waals surface area contributed by atoms with Gasteiger partial charge in [0.15, 0.2) is 11.3 Å². The Balaban J connectivity index is 1.72. The van der Waals surface area contributed by atoms with Crippen molar-refractivity contribution in [2.45, 2.75) is 52.9 Å². The van der Waals surface area contributed by atoms with Crippen LogP contribution in [0, 0.1) is 12.3 Å². The Morgan fingerprint density at radius 3 is 2.61 bits per heavy atom. The minimum absolute atomic E-state index is 0.237. The van der Waals surface area contributed by atoms with Gasteiger partial charge in [0.05, 0.1) is 29.1 Å². The molecule has 31 heavy (non-hydrogen) atoms. The van der Waals surface area contributed by atoms with Crippen LogP contribution in [0.25, 0.3) is 16.7 Å². The Kier molecular flexibility index (Phi) is 4.76. The maximum atomic E-state index is 12.7. The molecule has 1 saturated heterocycles. The molecule has 3 aromatic rings. The number of carbonyl (C=O) groups excluding carboxylic acids is 1. The molecule has 6 heteroatoms. The van der Waals surface area contributed by atoms with Crippen molar-refractivity contribution in [2.24, 2.45) is 5.41 Å². The molecular formula is C25H30N4O2. The molecule has 2 aromatic heterocycles. The van der Waals surface area contributed by atoms with Gasteiger partial charge in [0.25, 0.3) is 0 Å². The summed E-state index contributed by atoms with van der Waals surface area (Å²) >= 11 is 0. The number of rotatable bonds is 5. The normalized spacial score (nSPS) is 17.1. The van der Waals surface area contributed by atoms with E-state index in [1.165, 1.54) is 19.3 Å².